The molecule has 0 fully saturated rings. The van der Waals surface area contributed by atoms with Gasteiger partial charge in [0.05, 0.1) is 6.54 Å². The van der Waals surface area contributed by atoms with Crippen molar-refractivity contribution in [2.45, 2.75) is 47.2 Å². The number of hydrogen-bond donors (Lipinski definition) is 0. The monoisotopic (exact) mass is 282 g/mol. The van der Waals surface area contributed by atoms with Gasteiger partial charge in [-0.2, -0.15) is 0 Å². The molecule has 108 valence electrons. The van der Waals surface area contributed by atoms with E-state index in [0.717, 1.165) is 19.6 Å². The van der Waals surface area contributed by atoms with Gasteiger partial charge in [-0.1, -0.05) is 0 Å². The molecule has 3 nitrogen and oxygen atoms in total. The maximum absolute atomic E-state index is 12.2. The summed E-state index contributed by atoms with van der Waals surface area (Å²) in [4.78, 5) is 19.0. The number of rotatable bonds is 7. The second-order valence-electron chi connectivity index (χ2n) is 5.08. The first-order chi connectivity index (χ1) is 8.97. The van der Waals surface area contributed by atoms with E-state index in [9.17, 15) is 4.79 Å². The van der Waals surface area contributed by atoms with Gasteiger partial charge in [0.2, 0.25) is 5.91 Å². The largest absolute Gasteiger partial charge is 0.342 e. The summed E-state index contributed by atoms with van der Waals surface area (Å²) >= 11 is 1.81. The molecule has 0 aliphatic heterocycles. The number of amides is 1. The van der Waals surface area contributed by atoms with E-state index < -0.39 is 0 Å². The van der Waals surface area contributed by atoms with E-state index in [-0.39, 0.29) is 5.91 Å². The number of hydrogen-bond acceptors (Lipinski definition) is 3. The van der Waals surface area contributed by atoms with Gasteiger partial charge in [0, 0.05) is 35.4 Å². The zero-order valence-corrected chi connectivity index (χ0v) is 13.6. The van der Waals surface area contributed by atoms with Crippen LogP contribution in [0, 0.1) is 6.92 Å². The molecule has 0 atom stereocenters. The minimum absolute atomic E-state index is 0.229. The standard InChI is InChI=1S/C15H26N2OS/c1-6-16(7-2)15(18)11-17(12(3)4)10-14-9-8-13(5)19-14/h8-9,12H,6-7,10-11H2,1-5H3. The van der Waals surface area contributed by atoms with Crippen LogP contribution in [-0.4, -0.2) is 41.4 Å². The van der Waals surface area contributed by atoms with Crippen LogP contribution in [0.15, 0.2) is 12.1 Å². The van der Waals surface area contributed by atoms with Gasteiger partial charge in [-0.25, -0.2) is 0 Å². The number of thiophene rings is 1. The number of aryl methyl sites for hydroxylation is 1. The molecule has 0 bridgehead atoms. The minimum Gasteiger partial charge on any atom is -0.342 e. The molecule has 0 saturated heterocycles. The molecule has 1 aromatic rings. The maximum atomic E-state index is 12.2. The molecule has 0 saturated carbocycles. The lowest BCUT2D eigenvalue weighted by molar-refractivity contribution is -0.132. The Bertz CT molecular complexity index is 397. The second kappa shape index (κ2) is 7.65. The molecule has 0 radical (unpaired) electrons. The summed E-state index contributed by atoms with van der Waals surface area (Å²) in [5.41, 5.74) is 0. The smallest absolute Gasteiger partial charge is 0.236 e. The third-order valence-electron chi connectivity index (χ3n) is 3.34. The molecule has 1 rings (SSSR count). The summed E-state index contributed by atoms with van der Waals surface area (Å²) in [6.45, 7) is 13.4. The van der Waals surface area contributed by atoms with Crippen LogP contribution in [0.3, 0.4) is 0 Å². The van der Waals surface area contributed by atoms with Crippen LogP contribution < -0.4 is 0 Å². The first kappa shape index (κ1) is 16.2. The molecule has 1 amide bonds. The van der Waals surface area contributed by atoms with Crippen LogP contribution in [-0.2, 0) is 11.3 Å². The quantitative estimate of drug-likeness (QED) is 0.767. The lowest BCUT2D eigenvalue weighted by Gasteiger charge is -2.28. The average molecular weight is 282 g/mol. The summed E-state index contributed by atoms with van der Waals surface area (Å²) in [5, 5.41) is 0. The van der Waals surface area contributed by atoms with Crippen molar-refractivity contribution in [3.05, 3.63) is 21.9 Å². The Kier molecular flexibility index (Phi) is 6.52. The van der Waals surface area contributed by atoms with Crippen molar-refractivity contribution in [2.24, 2.45) is 0 Å². The summed E-state index contributed by atoms with van der Waals surface area (Å²) in [5.74, 6) is 0.229. The van der Waals surface area contributed by atoms with Crippen LogP contribution in [0.2, 0.25) is 0 Å². The maximum Gasteiger partial charge on any atom is 0.236 e. The van der Waals surface area contributed by atoms with Gasteiger partial charge in [0.25, 0.3) is 0 Å². The van der Waals surface area contributed by atoms with Gasteiger partial charge >= 0.3 is 0 Å². The van der Waals surface area contributed by atoms with Crippen molar-refractivity contribution in [1.29, 1.82) is 0 Å². The summed E-state index contributed by atoms with van der Waals surface area (Å²) in [6, 6.07) is 4.68. The highest BCUT2D eigenvalue weighted by molar-refractivity contribution is 7.11. The van der Waals surface area contributed by atoms with E-state index in [1.165, 1.54) is 9.75 Å². The van der Waals surface area contributed by atoms with Crippen LogP contribution in [0.25, 0.3) is 0 Å². The summed E-state index contributed by atoms with van der Waals surface area (Å²) in [6.07, 6.45) is 0. The molecule has 4 heteroatoms. The zero-order chi connectivity index (χ0) is 14.4. The van der Waals surface area contributed by atoms with E-state index >= 15 is 0 Å². The van der Waals surface area contributed by atoms with Crippen molar-refractivity contribution in [3.8, 4) is 0 Å². The Hall–Kier alpha value is -0.870. The minimum atomic E-state index is 0.229. The molecule has 0 aliphatic carbocycles. The lowest BCUT2D eigenvalue weighted by atomic mass is 10.3. The lowest BCUT2D eigenvalue weighted by Crippen LogP contribution is -2.42. The van der Waals surface area contributed by atoms with Gasteiger partial charge in [-0.3, -0.25) is 9.69 Å². The number of carbonyl (C=O) groups excluding carboxylic acids is 1. The highest BCUT2D eigenvalue weighted by Crippen LogP contribution is 2.18. The third kappa shape index (κ3) is 4.96. The van der Waals surface area contributed by atoms with Crippen molar-refractivity contribution in [2.75, 3.05) is 19.6 Å². The van der Waals surface area contributed by atoms with Crippen LogP contribution in [0.5, 0.6) is 0 Å². The van der Waals surface area contributed by atoms with E-state index in [4.69, 9.17) is 0 Å². The molecular weight excluding hydrogens is 256 g/mol. The average Bonchev–Trinajstić information content (AvgIpc) is 2.75. The molecule has 19 heavy (non-hydrogen) atoms. The summed E-state index contributed by atoms with van der Waals surface area (Å²) in [7, 11) is 0. The number of nitrogens with zero attached hydrogens (tertiary/aromatic N) is 2. The predicted octanol–water partition coefficient (Wildman–Crippen LogP) is 3.14. The molecule has 1 aromatic heterocycles. The molecule has 0 unspecified atom stereocenters. The van der Waals surface area contributed by atoms with Crippen LogP contribution in [0.4, 0.5) is 0 Å². The molecule has 0 aliphatic rings. The third-order valence-corrected chi connectivity index (χ3v) is 4.33. The summed E-state index contributed by atoms with van der Waals surface area (Å²) < 4.78 is 0. The SMILES string of the molecule is CCN(CC)C(=O)CN(Cc1ccc(C)s1)C(C)C. The first-order valence-electron chi connectivity index (χ1n) is 7.05. The zero-order valence-electron chi connectivity index (χ0n) is 12.8. The molecule has 0 aromatic carbocycles. The second-order valence-corrected chi connectivity index (χ2v) is 6.45. The Morgan fingerprint density at radius 1 is 1.26 bits per heavy atom. The van der Waals surface area contributed by atoms with Crippen molar-refractivity contribution >= 4 is 17.2 Å². The highest BCUT2D eigenvalue weighted by atomic mass is 32.1. The van der Waals surface area contributed by atoms with Crippen molar-refractivity contribution in [3.63, 3.8) is 0 Å². The van der Waals surface area contributed by atoms with Gasteiger partial charge in [0.1, 0.15) is 0 Å². The van der Waals surface area contributed by atoms with E-state index in [1.54, 1.807) is 0 Å². The van der Waals surface area contributed by atoms with E-state index in [1.807, 2.05) is 30.1 Å². The highest BCUT2D eigenvalue weighted by Gasteiger charge is 2.18. The fraction of sp³-hybridized carbons (Fsp3) is 0.667. The first-order valence-corrected chi connectivity index (χ1v) is 7.86. The molecule has 1 heterocycles. The van der Waals surface area contributed by atoms with E-state index in [0.29, 0.717) is 12.6 Å². The van der Waals surface area contributed by atoms with Gasteiger partial charge in [-0.05, 0) is 46.8 Å². The predicted molar refractivity (Wildman–Crippen MR) is 82.5 cm³/mol. The van der Waals surface area contributed by atoms with Gasteiger partial charge in [-0.15, -0.1) is 11.3 Å². The van der Waals surface area contributed by atoms with E-state index in [2.05, 4.69) is 37.8 Å². The molecule has 0 spiro atoms. The topological polar surface area (TPSA) is 23.6 Å². The van der Waals surface area contributed by atoms with Gasteiger partial charge < -0.3 is 4.90 Å². The Labute approximate surface area is 121 Å². The Morgan fingerprint density at radius 3 is 2.32 bits per heavy atom. The molecular formula is C15H26N2OS. The van der Waals surface area contributed by atoms with Crippen molar-refractivity contribution < 1.29 is 4.79 Å². The Balaban J connectivity index is 2.65. The van der Waals surface area contributed by atoms with Gasteiger partial charge in [0.15, 0.2) is 0 Å². The van der Waals surface area contributed by atoms with Crippen LogP contribution in [0.1, 0.15) is 37.4 Å². The normalized spacial score (nSPS) is 11.3. The fourth-order valence-electron chi connectivity index (χ4n) is 2.04. The number of likely N-dealkylation sites (N-methyl/N-ethyl adjacent to an activating group) is 1. The Morgan fingerprint density at radius 2 is 1.89 bits per heavy atom. The molecule has 0 N–H and O–H groups in total. The number of carbonyl (C=O) groups is 1. The van der Waals surface area contributed by atoms with Crippen LogP contribution >= 0.6 is 11.3 Å². The fourth-order valence-corrected chi connectivity index (χ4v) is 2.96. The van der Waals surface area contributed by atoms with Crippen molar-refractivity contribution in [1.82, 2.24) is 9.80 Å².